The van der Waals surface area contributed by atoms with Gasteiger partial charge in [0.1, 0.15) is 0 Å². The fraction of sp³-hybridized carbons (Fsp3) is 1.00. The highest BCUT2D eigenvalue weighted by Gasteiger charge is 2.44. The van der Waals surface area contributed by atoms with E-state index in [1.165, 1.54) is 45.2 Å². The summed E-state index contributed by atoms with van der Waals surface area (Å²) in [6, 6.07) is 0. The van der Waals surface area contributed by atoms with E-state index in [2.05, 4.69) is 11.8 Å². The fourth-order valence-electron chi connectivity index (χ4n) is 3.33. The van der Waals surface area contributed by atoms with Crippen LogP contribution in [0.5, 0.6) is 0 Å². The normalized spacial score (nSPS) is 24.0. The zero-order valence-corrected chi connectivity index (χ0v) is 12.3. The first-order chi connectivity index (χ1) is 8.28. The van der Waals surface area contributed by atoms with Crippen molar-refractivity contribution < 1.29 is 4.74 Å². The summed E-state index contributed by atoms with van der Waals surface area (Å²) in [6.07, 6.45) is 7.30. The summed E-state index contributed by atoms with van der Waals surface area (Å²) in [4.78, 5) is 2.56. The second-order valence-electron chi connectivity index (χ2n) is 5.52. The first-order valence-corrected chi connectivity index (χ1v) is 7.49. The van der Waals surface area contributed by atoms with Crippen LogP contribution in [0.15, 0.2) is 0 Å². The highest BCUT2D eigenvalue weighted by molar-refractivity contribution is 4.96. The van der Waals surface area contributed by atoms with Crippen LogP contribution in [-0.2, 0) is 4.74 Å². The fourth-order valence-corrected chi connectivity index (χ4v) is 3.33. The standard InChI is InChI=1S/C13H25NO.C2H6/c1-3-12-10-13(11-12)4-6-14(7-5-13)8-9-15-2;1-2/h12H,3-11H2,1-2H3;1-2H3. The molecule has 1 saturated heterocycles. The molecule has 2 heteroatoms. The molecule has 0 amide bonds. The van der Waals surface area contributed by atoms with Gasteiger partial charge in [-0.25, -0.2) is 0 Å². The molecule has 2 nitrogen and oxygen atoms in total. The summed E-state index contributed by atoms with van der Waals surface area (Å²) in [5.74, 6) is 1.05. The van der Waals surface area contributed by atoms with Crippen molar-refractivity contribution >= 4 is 0 Å². The van der Waals surface area contributed by atoms with Crippen molar-refractivity contribution in [2.24, 2.45) is 11.3 Å². The van der Waals surface area contributed by atoms with Crippen molar-refractivity contribution in [3.8, 4) is 0 Å². The van der Waals surface area contributed by atoms with Gasteiger partial charge in [0.05, 0.1) is 6.61 Å². The van der Waals surface area contributed by atoms with Crippen molar-refractivity contribution in [2.75, 3.05) is 33.4 Å². The smallest absolute Gasteiger partial charge is 0.0589 e. The number of hydrogen-bond acceptors (Lipinski definition) is 2. The number of rotatable bonds is 4. The van der Waals surface area contributed by atoms with Crippen molar-refractivity contribution in [1.82, 2.24) is 4.90 Å². The van der Waals surface area contributed by atoms with Gasteiger partial charge in [-0.1, -0.05) is 27.2 Å². The first kappa shape index (κ1) is 15.0. The van der Waals surface area contributed by atoms with Gasteiger partial charge < -0.3 is 9.64 Å². The third-order valence-electron chi connectivity index (χ3n) is 4.55. The maximum atomic E-state index is 5.13. The number of ether oxygens (including phenoxy) is 1. The van der Waals surface area contributed by atoms with Crippen LogP contribution in [0.25, 0.3) is 0 Å². The highest BCUT2D eigenvalue weighted by atomic mass is 16.5. The molecule has 1 heterocycles. The Morgan fingerprint density at radius 1 is 1.18 bits per heavy atom. The molecule has 102 valence electrons. The minimum absolute atomic E-state index is 0.768. The van der Waals surface area contributed by atoms with Crippen molar-refractivity contribution in [3.63, 3.8) is 0 Å². The Balaban J connectivity index is 0.000000686. The molecule has 0 aromatic heterocycles. The van der Waals surface area contributed by atoms with Gasteiger partial charge in [0.25, 0.3) is 0 Å². The monoisotopic (exact) mass is 241 g/mol. The Morgan fingerprint density at radius 3 is 2.24 bits per heavy atom. The predicted octanol–water partition coefficient (Wildman–Crippen LogP) is 3.56. The second-order valence-corrected chi connectivity index (χ2v) is 5.52. The first-order valence-electron chi connectivity index (χ1n) is 7.49. The average molecular weight is 241 g/mol. The van der Waals surface area contributed by atoms with E-state index in [9.17, 15) is 0 Å². The Bertz CT molecular complexity index is 189. The Labute approximate surface area is 108 Å². The predicted molar refractivity (Wildman–Crippen MR) is 74.3 cm³/mol. The van der Waals surface area contributed by atoms with Crippen LogP contribution in [0.3, 0.4) is 0 Å². The van der Waals surface area contributed by atoms with E-state index >= 15 is 0 Å². The molecule has 0 aromatic rings. The molecule has 0 atom stereocenters. The second kappa shape index (κ2) is 7.38. The van der Waals surface area contributed by atoms with Crippen molar-refractivity contribution in [1.29, 1.82) is 0 Å². The number of methoxy groups -OCH3 is 1. The van der Waals surface area contributed by atoms with E-state index in [0.29, 0.717) is 0 Å². The SMILES string of the molecule is CC.CCC1CC2(CCN(CCOC)CC2)C1. The zero-order chi connectivity index (χ0) is 12.7. The van der Waals surface area contributed by atoms with E-state index < -0.39 is 0 Å². The van der Waals surface area contributed by atoms with Crippen molar-refractivity contribution in [3.05, 3.63) is 0 Å². The summed E-state index contributed by atoms with van der Waals surface area (Å²) >= 11 is 0. The Hall–Kier alpha value is -0.0800. The number of likely N-dealkylation sites (tertiary alicyclic amines) is 1. The third-order valence-corrected chi connectivity index (χ3v) is 4.55. The van der Waals surface area contributed by atoms with Crippen LogP contribution in [0, 0.1) is 11.3 Å². The van der Waals surface area contributed by atoms with Gasteiger partial charge in [-0.3, -0.25) is 0 Å². The molecule has 0 bridgehead atoms. The van der Waals surface area contributed by atoms with Gasteiger partial charge in [-0.15, -0.1) is 0 Å². The average Bonchev–Trinajstić information content (AvgIpc) is 2.36. The van der Waals surface area contributed by atoms with Crippen molar-refractivity contribution in [2.45, 2.75) is 52.9 Å². The number of hydrogen-bond donors (Lipinski definition) is 0. The van der Waals surface area contributed by atoms with E-state index in [4.69, 9.17) is 4.74 Å². The van der Waals surface area contributed by atoms with Gasteiger partial charge in [-0.05, 0) is 50.1 Å². The molecule has 1 saturated carbocycles. The zero-order valence-electron chi connectivity index (χ0n) is 12.3. The summed E-state index contributed by atoms with van der Waals surface area (Å²) in [7, 11) is 1.79. The number of nitrogens with zero attached hydrogens (tertiary/aromatic N) is 1. The van der Waals surface area contributed by atoms with Crippen LogP contribution in [0.2, 0.25) is 0 Å². The van der Waals surface area contributed by atoms with Gasteiger partial charge in [-0.2, -0.15) is 0 Å². The van der Waals surface area contributed by atoms with E-state index in [0.717, 1.165) is 24.5 Å². The lowest BCUT2D eigenvalue weighted by atomic mass is 9.57. The molecule has 17 heavy (non-hydrogen) atoms. The molecular weight excluding hydrogens is 210 g/mol. The minimum atomic E-state index is 0.768. The van der Waals surface area contributed by atoms with E-state index in [-0.39, 0.29) is 0 Å². The van der Waals surface area contributed by atoms with Gasteiger partial charge >= 0.3 is 0 Å². The molecule has 1 aliphatic heterocycles. The largest absolute Gasteiger partial charge is 0.383 e. The number of piperidine rings is 1. The molecular formula is C15H31NO. The summed E-state index contributed by atoms with van der Waals surface area (Å²) in [5.41, 5.74) is 0.768. The van der Waals surface area contributed by atoms with E-state index in [1.807, 2.05) is 13.8 Å². The summed E-state index contributed by atoms with van der Waals surface area (Å²) in [5, 5.41) is 0. The molecule has 1 aliphatic carbocycles. The molecule has 0 N–H and O–H groups in total. The molecule has 2 aliphatic rings. The quantitative estimate of drug-likeness (QED) is 0.746. The lowest BCUT2D eigenvalue weighted by molar-refractivity contribution is -0.0186. The van der Waals surface area contributed by atoms with Crippen LogP contribution < -0.4 is 0 Å². The van der Waals surface area contributed by atoms with Gasteiger partial charge in [0.15, 0.2) is 0 Å². The van der Waals surface area contributed by atoms with Gasteiger partial charge in [0, 0.05) is 13.7 Å². The maximum Gasteiger partial charge on any atom is 0.0589 e. The summed E-state index contributed by atoms with van der Waals surface area (Å²) < 4.78 is 5.13. The highest BCUT2D eigenvalue weighted by Crippen LogP contribution is 2.53. The lowest BCUT2D eigenvalue weighted by Gasteiger charge is -2.52. The molecule has 2 rings (SSSR count). The van der Waals surface area contributed by atoms with Crippen LogP contribution >= 0.6 is 0 Å². The Kier molecular flexibility index (Phi) is 6.50. The third kappa shape index (κ3) is 3.96. The van der Waals surface area contributed by atoms with E-state index in [1.54, 1.807) is 7.11 Å². The topological polar surface area (TPSA) is 12.5 Å². The maximum absolute atomic E-state index is 5.13. The summed E-state index contributed by atoms with van der Waals surface area (Å²) in [6.45, 7) is 11.0. The Morgan fingerprint density at radius 2 is 1.76 bits per heavy atom. The van der Waals surface area contributed by atoms with Gasteiger partial charge in [0.2, 0.25) is 0 Å². The van der Waals surface area contributed by atoms with Crippen LogP contribution in [0.1, 0.15) is 52.9 Å². The van der Waals surface area contributed by atoms with Crippen LogP contribution in [-0.4, -0.2) is 38.3 Å². The lowest BCUT2D eigenvalue weighted by Crippen LogP contribution is -2.47. The molecule has 0 aromatic carbocycles. The minimum Gasteiger partial charge on any atom is -0.383 e. The molecule has 0 radical (unpaired) electrons. The molecule has 0 unspecified atom stereocenters. The molecule has 1 spiro atoms. The molecule has 2 fully saturated rings. The van der Waals surface area contributed by atoms with Crippen LogP contribution in [0.4, 0.5) is 0 Å².